The third-order valence-corrected chi connectivity index (χ3v) is 2.68. The van der Waals surface area contributed by atoms with Crippen LogP contribution in [0.25, 0.3) is 11.0 Å². The SMILES string of the molecule is [CH2]CCCCCn1cnc2ccccc21. The molecule has 2 aromatic rings. The van der Waals surface area contributed by atoms with Crippen LogP contribution in [0.1, 0.15) is 25.7 Å². The van der Waals surface area contributed by atoms with Gasteiger partial charge in [-0.2, -0.15) is 0 Å². The average Bonchev–Trinajstić information content (AvgIpc) is 2.68. The summed E-state index contributed by atoms with van der Waals surface area (Å²) in [4.78, 5) is 4.37. The first-order valence-corrected chi connectivity index (χ1v) is 5.61. The molecule has 1 heterocycles. The van der Waals surface area contributed by atoms with E-state index in [1.807, 2.05) is 12.4 Å². The van der Waals surface area contributed by atoms with E-state index in [-0.39, 0.29) is 0 Å². The van der Waals surface area contributed by atoms with Crippen LogP contribution in [0.5, 0.6) is 0 Å². The van der Waals surface area contributed by atoms with Gasteiger partial charge in [-0.15, -0.1) is 0 Å². The van der Waals surface area contributed by atoms with Crippen molar-refractivity contribution in [3.63, 3.8) is 0 Å². The zero-order valence-electron chi connectivity index (χ0n) is 9.02. The molecular weight excluding hydrogens is 184 g/mol. The van der Waals surface area contributed by atoms with Crippen molar-refractivity contribution in [1.29, 1.82) is 0 Å². The molecule has 0 fully saturated rings. The molecule has 2 nitrogen and oxygen atoms in total. The normalized spacial score (nSPS) is 11.0. The van der Waals surface area contributed by atoms with Gasteiger partial charge in [-0.1, -0.05) is 38.3 Å². The van der Waals surface area contributed by atoms with Crippen LogP contribution in [0.2, 0.25) is 0 Å². The predicted molar refractivity (Wildman–Crippen MR) is 63.6 cm³/mol. The molecule has 0 bridgehead atoms. The molecule has 0 amide bonds. The lowest BCUT2D eigenvalue weighted by Crippen LogP contribution is -1.95. The van der Waals surface area contributed by atoms with E-state index in [0.717, 1.165) is 18.5 Å². The standard InChI is InChI=1S/C13H17N2/c1-2-3-4-7-10-15-11-14-12-8-5-6-9-13(12)15/h5-6,8-9,11H,1-4,7,10H2. The fourth-order valence-electron chi connectivity index (χ4n) is 1.82. The Kier molecular flexibility index (Phi) is 3.38. The van der Waals surface area contributed by atoms with Crippen molar-refractivity contribution >= 4 is 11.0 Å². The van der Waals surface area contributed by atoms with E-state index >= 15 is 0 Å². The van der Waals surface area contributed by atoms with Gasteiger partial charge in [0.05, 0.1) is 17.4 Å². The highest BCUT2D eigenvalue weighted by molar-refractivity contribution is 5.74. The Labute approximate surface area is 90.9 Å². The van der Waals surface area contributed by atoms with E-state index in [1.54, 1.807) is 0 Å². The molecule has 0 aliphatic heterocycles. The summed E-state index contributed by atoms with van der Waals surface area (Å²) in [6.07, 6.45) is 6.69. The molecule has 15 heavy (non-hydrogen) atoms. The van der Waals surface area contributed by atoms with E-state index in [9.17, 15) is 0 Å². The minimum atomic E-state index is 1.05. The maximum atomic E-state index is 4.37. The Morgan fingerprint density at radius 1 is 1.13 bits per heavy atom. The Hall–Kier alpha value is -1.31. The van der Waals surface area contributed by atoms with E-state index in [4.69, 9.17) is 0 Å². The summed E-state index contributed by atoms with van der Waals surface area (Å²) in [5.74, 6) is 0. The van der Waals surface area contributed by atoms with E-state index in [1.165, 1.54) is 24.8 Å². The third kappa shape index (κ3) is 2.38. The summed E-state index contributed by atoms with van der Waals surface area (Å²) in [5.41, 5.74) is 2.33. The molecule has 0 N–H and O–H groups in total. The quantitative estimate of drug-likeness (QED) is 0.678. The molecule has 0 spiro atoms. The number of fused-ring (bicyclic) bond motifs is 1. The van der Waals surface area contributed by atoms with Crippen LogP contribution in [0.3, 0.4) is 0 Å². The van der Waals surface area contributed by atoms with Gasteiger partial charge in [0.25, 0.3) is 0 Å². The molecular formula is C13H17N2. The first-order valence-electron chi connectivity index (χ1n) is 5.61. The summed E-state index contributed by atoms with van der Waals surface area (Å²) >= 11 is 0. The summed E-state index contributed by atoms with van der Waals surface area (Å²) < 4.78 is 2.23. The number of nitrogens with zero attached hydrogens (tertiary/aromatic N) is 2. The molecule has 0 aliphatic carbocycles. The monoisotopic (exact) mass is 201 g/mol. The zero-order valence-corrected chi connectivity index (χ0v) is 9.02. The third-order valence-electron chi connectivity index (χ3n) is 2.68. The van der Waals surface area contributed by atoms with Crippen molar-refractivity contribution < 1.29 is 0 Å². The van der Waals surface area contributed by atoms with Crippen molar-refractivity contribution in [2.24, 2.45) is 0 Å². The maximum absolute atomic E-state index is 4.37. The van der Waals surface area contributed by atoms with Crippen molar-refractivity contribution in [3.05, 3.63) is 37.5 Å². The Bertz CT molecular complexity index is 417. The van der Waals surface area contributed by atoms with E-state index in [0.29, 0.717) is 0 Å². The minimum Gasteiger partial charge on any atom is -0.331 e. The number of aryl methyl sites for hydroxylation is 1. The molecule has 1 aromatic heterocycles. The van der Waals surface area contributed by atoms with Gasteiger partial charge in [-0.3, -0.25) is 0 Å². The summed E-state index contributed by atoms with van der Waals surface area (Å²) in [7, 11) is 0. The summed E-state index contributed by atoms with van der Waals surface area (Å²) in [6.45, 7) is 4.92. The molecule has 0 atom stereocenters. The second-order valence-corrected chi connectivity index (χ2v) is 3.84. The summed E-state index contributed by atoms with van der Waals surface area (Å²) in [5, 5.41) is 0. The molecule has 0 saturated heterocycles. The van der Waals surface area contributed by atoms with Crippen molar-refractivity contribution in [2.75, 3.05) is 0 Å². The molecule has 0 saturated carbocycles. The largest absolute Gasteiger partial charge is 0.331 e. The number of para-hydroxylation sites is 2. The zero-order chi connectivity index (χ0) is 10.5. The van der Waals surface area contributed by atoms with Gasteiger partial charge >= 0.3 is 0 Å². The number of unbranched alkanes of at least 4 members (excludes halogenated alkanes) is 3. The van der Waals surface area contributed by atoms with Gasteiger partial charge in [-0.05, 0) is 18.6 Å². The van der Waals surface area contributed by atoms with Gasteiger partial charge in [-0.25, -0.2) is 4.98 Å². The van der Waals surface area contributed by atoms with Crippen LogP contribution in [0.15, 0.2) is 30.6 Å². The maximum Gasteiger partial charge on any atom is 0.0958 e. The molecule has 1 aromatic carbocycles. The number of aromatic nitrogens is 2. The smallest absolute Gasteiger partial charge is 0.0958 e. The predicted octanol–water partition coefficient (Wildman–Crippen LogP) is 3.43. The number of imidazole rings is 1. The Morgan fingerprint density at radius 3 is 2.87 bits per heavy atom. The van der Waals surface area contributed by atoms with Crippen LogP contribution >= 0.6 is 0 Å². The second-order valence-electron chi connectivity index (χ2n) is 3.84. The lowest BCUT2D eigenvalue weighted by atomic mass is 10.2. The van der Waals surface area contributed by atoms with Crippen molar-refractivity contribution in [2.45, 2.75) is 32.2 Å². The lowest BCUT2D eigenvalue weighted by molar-refractivity contribution is 0.599. The fraction of sp³-hybridized carbons (Fsp3) is 0.385. The Morgan fingerprint density at radius 2 is 2.00 bits per heavy atom. The van der Waals surface area contributed by atoms with Crippen LogP contribution < -0.4 is 0 Å². The molecule has 1 radical (unpaired) electrons. The van der Waals surface area contributed by atoms with E-state index < -0.39 is 0 Å². The first kappa shape index (κ1) is 10.2. The topological polar surface area (TPSA) is 17.8 Å². The lowest BCUT2D eigenvalue weighted by Gasteiger charge is -2.03. The highest BCUT2D eigenvalue weighted by Crippen LogP contribution is 2.13. The van der Waals surface area contributed by atoms with Gasteiger partial charge in [0.1, 0.15) is 0 Å². The average molecular weight is 201 g/mol. The molecule has 2 heteroatoms. The first-order chi connectivity index (χ1) is 7.42. The van der Waals surface area contributed by atoms with Crippen LogP contribution in [-0.4, -0.2) is 9.55 Å². The molecule has 0 unspecified atom stereocenters. The number of hydrogen-bond acceptors (Lipinski definition) is 1. The van der Waals surface area contributed by atoms with Gasteiger partial charge in [0.15, 0.2) is 0 Å². The van der Waals surface area contributed by atoms with Gasteiger partial charge in [0, 0.05) is 6.54 Å². The molecule has 0 aliphatic rings. The highest BCUT2D eigenvalue weighted by Gasteiger charge is 1.99. The van der Waals surface area contributed by atoms with Gasteiger partial charge < -0.3 is 4.57 Å². The molecule has 79 valence electrons. The fourth-order valence-corrected chi connectivity index (χ4v) is 1.82. The van der Waals surface area contributed by atoms with Crippen molar-refractivity contribution in [3.8, 4) is 0 Å². The van der Waals surface area contributed by atoms with Crippen LogP contribution in [0, 0.1) is 6.92 Å². The van der Waals surface area contributed by atoms with E-state index in [2.05, 4.69) is 34.7 Å². The number of hydrogen-bond donors (Lipinski definition) is 0. The van der Waals surface area contributed by atoms with Crippen LogP contribution in [-0.2, 0) is 6.54 Å². The molecule has 2 rings (SSSR count). The summed E-state index contributed by atoms with van der Waals surface area (Å²) in [6, 6.07) is 8.28. The van der Waals surface area contributed by atoms with Gasteiger partial charge in [0.2, 0.25) is 0 Å². The highest BCUT2D eigenvalue weighted by atomic mass is 15.0. The number of benzene rings is 1. The van der Waals surface area contributed by atoms with Crippen molar-refractivity contribution in [1.82, 2.24) is 9.55 Å². The number of rotatable bonds is 5. The van der Waals surface area contributed by atoms with Crippen LogP contribution in [0.4, 0.5) is 0 Å². The second kappa shape index (κ2) is 4.96. The minimum absolute atomic E-state index is 1.05. The Balaban J connectivity index is 2.02.